The number of rotatable bonds is 5. The number of aliphatic hydroxyl groups excluding tert-OH is 3. The standard InChI is InChI=1S/C4H11NO2.C2H7NO2/c6-3-1-5-2-4-7;3-1-2(4)5/h5-7H,1-4H2;2,4-5H,1,3H2. The van der Waals surface area contributed by atoms with Gasteiger partial charge in [0.2, 0.25) is 0 Å². The third-order valence-corrected chi connectivity index (χ3v) is 0.788. The number of nitrogens with one attached hydrogen (secondary N) is 1. The quantitative estimate of drug-likeness (QED) is 0.197. The molecule has 12 heavy (non-hydrogen) atoms. The Morgan fingerprint density at radius 3 is 1.58 bits per heavy atom. The summed E-state index contributed by atoms with van der Waals surface area (Å²) in [5, 5.41) is 34.7. The lowest BCUT2D eigenvalue weighted by Gasteiger charge is -1.94. The van der Waals surface area contributed by atoms with Crippen LogP contribution < -0.4 is 11.1 Å². The van der Waals surface area contributed by atoms with Crippen LogP contribution in [0.15, 0.2) is 0 Å². The zero-order chi connectivity index (χ0) is 9.82. The van der Waals surface area contributed by atoms with E-state index in [1.54, 1.807) is 0 Å². The molecule has 0 aromatic rings. The summed E-state index contributed by atoms with van der Waals surface area (Å²) >= 11 is 0. The predicted molar refractivity (Wildman–Crippen MR) is 44.3 cm³/mol. The smallest absolute Gasteiger partial charge is 0.163 e. The Bertz CT molecular complexity index is 68.6. The molecule has 0 spiro atoms. The van der Waals surface area contributed by atoms with E-state index in [1.165, 1.54) is 0 Å². The highest BCUT2D eigenvalue weighted by atomic mass is 16.5. The Kier molecular flexibility index (Phi) is 15.9. The van der Waals surface area contributed by atoms with E-state index in [0.29, 0.717) is 13.1 Å². The second-order valence-electron chi connectivity index (χ2n) is 1.91. The van der Waals surface area contributed by atoms with E-state index < -0.39 is 6.29 Å². The van der Waals surface area contributed by atoms with E-state index >= 15 is 0 Å². The molecule has 0 aliphatic rings. The van der Waals surface area contributed by atoms with Gasteiger partial charge in [-0.1, -0.05) is 0 Å². The van der Waals surface area contributed by atoms with Gasteiger partial charge in [0, 0.05) is 19.6 Å². The largest absolute Gasteiger partial charge is 0.395 e. The van der Waals surface area contributed by atoms with E-state index in [2.05, 4.69) is 11.1 Å². The number of hydrogen-bond donors (Lipinski definition) is 6. The predicted octanol–water partition coefficient (Wildman–Crippen LogP) is -3.18. The van der Waals surface area contributed by atoms with Crippen molar-refractivity contribution in [1.82, 2.24) is 5.32 Å². The summed E-state index contributed by atoms with van der Waals surface area (Å²) in [6.07, 6.45) is -1.34. The summed E-state index contributed by atoms with van der Waals surface area (Å²) in [5.74, 6) is 0. The third-order valence-electron chi connectivity index (χ3n) is 0.788. The van der Waals surface area contributed by atoms with Crippen molar-refractivity contribution in [2.75, 3.05) is 32.8 Å². The molecular weight excluding hydrogens is 164 g/mol. The fourth-order valence-electron chi connectivity index (χ4n) is 0.283. The van der Waals surface area contributed by atoms with Gasteiger partial charge in [-0.05, 0) is 0 Å². The van der Waals surface area contributed by atoms with E-state index in [0.717, 1.165) is 0 Å². The summed E-state index contributed by atoms with van der Waals surface area (Å²) in [6.45, 7) is 1.33. The first kappa shape index (κ1) is 14.3. The van der Waals surface area contributed by atoms with Gasteiger partial charge in [0.05, 0.1) is 13.2 Å². The van der Waals surface area contributed by atoms with Crippen LogP contribution in [0.2, 0.25) is 0 Å². The maximum atomic E-state index is 8.15. The molecule has 0 rings (SSSR count). The van der Waals surface area contributed by atoms with Gasteiger partial charge >= 0.3 is 0 Å². The van der Waals surface area contributed by atoms with Gasteiger partial charge in [-0.3, -0.25) is 0 Å². The first-order valence-electron chi connectivity index (χ1n) is 3.67. The van der Waals surface area contributed by atoms with E-state index in [1.807, 2.05) is 0 Å². The van der Waals surface area contributed by atoms with Gasteiger partial charge in [-0.15, -0.1) is 0 Å². The molecule has 0 fully saturated rings. The van der Waals surface area contributed by atoms with Crippen LogP contribution in [0.25, 0.3) is 0 Å². The average molecular weight is 182 g/mol. The maximum Gasteiger partial charge on any atom is 0.163 e. The topological polar surface area (TPSA) is 119 Å². The highest BCUT2D eigenvalue weighted by Crippen LogP contribution is 1.58. The third kappa shape index (κ3) is 22.6. The van der Waals surface area contributed by atoms with Gasteiger partial charge in [-0.2, -0.15) is 0 Å². The molecule has 6 heteroatoms. The molecule has 0 atom stereocenters. The fraction of sp³-hybridized carbons (Fsp3) is 1.00. The lowest BCUT2D eigenvalue weighted by Crippen LogP contribution is -2.21. The molecule has 0 unspecified atom stereocenters. The Balaban J connectivity index is 0. The highest BCUT2D eigenvalue weighted by molar-refractivity contribution is 4.39. The Hall–Kier alpha value is -0.240. The fourth-order valence-corrected chi connectivity index (χ4v) is 0.283. The summed E-state index contributed by atoms with van der Waals surface area (Å²) < 4.78 is 0. The van der Waals surface area contributed by atoms with Crippen LogP contribution in [-0.4, -0.2) is 59.6 Å². The molecular formula is C6H18N2O4. The van der Waals surface area contributed by atoms with Gasteiger partial charge in [0.25, 0.3) is 0 Å². The van der Waals surface area contributed by atoms with Crippen LogP contribution in [0.1, 0.15) is 0 Å². The molecule has 0 heterocycles. The van der Waals surface area contributed by atoms with Crippen LogP contribution in [0, 0.1) is 0 Å². The normalized spacial score (nSPS) is 9.50. The van der Waals surface area contributed by atoms with Crippen LogP contribution >= 0.6 is 0 Å². The molecule has 0 aromatic heterocycles. The molecule has 7 N–H and O–H groups in total. The molecule has 0 aliphatic carbocycles. The first-order chi connectivity index (χ1) is 5.68. The summed E-state index contributed by atoms with van der Waals surface area (Å²) in [5.41, 5.74) is 4.67. The van der Waals surface area contributed by atoms with Crippen molar-refractivity contribution in [2.45, 2.75) is 6.29 Å². The molecule has 6 nitrogen and oxygen atoms in total. The zero-order valence-corrected chi connectivity index (χ0v) is 6.98. The molecule has 0 saturated heterocycles. The SMILES string of the molecule is NCC(O)O.OCCNCCO. The van der Waals surface area contributed by atoms with E-state index in [9.17, 15) is 0 Å². The van der Waals surface area contributed by atoms with Crippen molar-refractivity contribution < 1.29 is 20.4 Å². The molecule has 76 valence electrons. The molecule has 0 radical (unpaired) electrons. The monoisotopic (exact) mass is 182 g/mol. The van der Waals surface area contributed by atoms with Crippen molar-refractivity contribution in [1.29, 1.82) is 0 Å². The van der Waals surface area contributed by atoms with Crippen LogP contribution in [0.4, 0.5) is 0 Å². The minimum absolute atomic E-state index is 0.0833. The van der Waals surface area contributed by atoms with Crippen molar-refractivity contribution in [3.05, 3.63) is 0 Å². The maximum absolute atomic E-state index is 8.15. The van der Waals surface area contributed by atoms with Crippen LogP contribution in [0.3, 0.4) is 0 Å². The number of aliphatic hydroxyl groups is 4. The van der Waals surface area contributed by atoms with Crippen molar-refractivity contribution in [2.24, 2.45) is 5.73 Å². The summed E-state index contributed by atoms with van der Waals surface area (Å²) in [6, 6.07) is 0. The van der Waals surface area contributed by atoms with Gasteiger partial charge in [-0.25, -0.2) is 0 Å². The first-order valence-corrected chi connectivity index (χ1v) is 3.67. The lowest BCUT2D eigenvalue weighted by atomic mass is 10.6. The molecule has 0 aliphatic heterocycles. The van der Waals surface area contributed by atoms with Crippen LogP contribution in [-0.2, 0) is 0 Å². The van der Waals surface area contributed by atoms with Gasteiger partial charge in [0.1, 0.15) is 0 Å². The van der Waals surface area contributed by atoms with E-state index in [4.69, 9.17) is 20.4 Å². The number of nitrogens with two attached hydrogens (primary N) is 1. The second kappa shape index (κ2) is 13.4. The second-order valence-corrected chi connectivity index (χ2v) is 1.91. The Morgan fingerprint density at radius 2 is 1.42 bits per heavy atom. The van der Waals surface area contributed by atoms with Crippen LogP contribution in [0.5, 0.6) is 0 Å². The van der Waals surface area contributed by atoms with Crippen molar-refractivity contribution >= 4 is 0 Å². The Labute approximate surface area is 71.6 Å². The summed E-state index contributed by atoms with van der Waals surface area (Å²) in [7, 11) is 0. The highest BCUT2D eigenvalue weighted by Gasteiger charge is 1.83. The van der Waals surface area contributed by atoms with Gasteiger partial charge < -0.3 is 31.5 Å². The molecule has 0 bridgehead atoms. The lowest BCUT2D eigenvalue weighted by molar-refractivity contribution is -0.0309. The minimum Gasteiger partial charge on any atom is -0.395 e. The van der Waals surface area contributed by atoms with Gasteiger partial charge in [0.15, 0.2) is 6.29 Å². The van der Waals surface area contributed by atoms with Crippen molar-refractivity contribution in [3.63, 3.8) is 0 Å². The zero-order valence-electron chi connectivity index (χ0n) is 6.98. The van der Waals surface area contributed by atoms with E-state index in [-0.39, 0.29) is 19.8 Å². The average Bonchev–Trinajstić information content (AvgIpc) is 2.07. The minimum atomic E-state index is -1.34. The Morgan fingerprint density at radius 1 is 1.08 bits per heavy atom. The molecule has 0 saturated carbocycles. The molecule has 0 amide bonds. The summed E-state index contributed by atoms with van der Waals surface area (Å²) in [4.78, 5) is 0. The van der Waals surface area contributed by atoms with Crippen molar-refractivity contribution in [3.8, 4) is 0 Å². The number of hydrogen-bond acceptors (Lipinski definition) is 6. The molecule has 0 aromatic carbocycles.